The molecular formula is C22H41O16P. The summed E-state index contributed by atoms with van der Waals surface area (Å²) in [4.78, 5) is 29.2. The minimum absolute atomic E-state index is 0.0914. The number of methoxy groups -OCH3 is 1. The van der Waals surface area contributed by atoms with Gasteiger partial charge >= 0.3 is 13.8 Å². The highest BCUT2D eigenvalue weighted by atomic mass is 31.2. The van der Waals surface area contributed by atoms with Crippen molar-refractivity contribution in [2.45, 2.75) is 112 Å². The van der Waals surface area contributed by atoms with Crippen molar-refractivity contribution in [3.63, 3.8) is 0 Å². The van der Waals surface area contributed by atoms with Gasteiger partial charge in [-0.15, -0.1) is 0 Å². The van der Waals surface area contributed by atoms with Gasteiger partial charge in [-0.1, -0.05) is 25.7 Å². The minimum Gasteiger partial charge on any atom is -0.469 e. The van der Waals surface area contributed by atoms with Crippen molar-refractivity contribution in [1.29, 1.82) is 0 Å². The van der Waals surface area contributed by atoms with Crippen LogP contribution in [-0.2, 0) is 32.8 Å². The number of hydrogen-bond acceptors (Lipinski definition) is 14. The standard InChI is InChI=1S/C22H41O16P/c1-34-14(25)8-6-4-2-3-5-7-9-22(30)20(29)17(28)18(13(11-24)37-22)36-21-16(27)15(26)19(12(10-23)35-21)38-39(31,32)33/h12-13,15-21,23-24,26-30H,2-11H2,1H3,(H2,31,32,33)/t12-,13-,15-,16-,17+,18-,19+,20-,21?,22?/m1/s1. The molecular weight excluding hydrogens is 551 g/mol. The zero-order valence-electron chi connectivity index (χ0n) is 21.6. The van der Waals surface area contributed by atoms with E-state index >= 15 is 0 Å². The first-order chi connectivity index (χ1) is 18.3. The molecule has 0 spiro atoms. The fraction of sp³-hybridized carbons (Fsp3) is 0.955. The maximum atomic E-state index is 11.2. The fourth-order valence-corrected chi connectivity index (χ4v) is 5.22. The number of phosphoric ester groups is 1. The first-order valence-electron chi connectivity index (χ1n) is 12.7. The Kier molecular flexibility index (Phi) is 13.6. The van der Waals surface area contributed by atoms with E-state index in [1.807, 2.05) is 0 Å². The summed E-state index contributed by atoms with van der Waals surface area (Å²) in [5.41, 5.74) is 0. The number of ether oxygens (including phenoxy) is 4. The summed E-state index contributed by atoms with van der Waals surface area (Å²) in [6, 6.07) is 0. The summed E-state index contributed by atoms with van der Waals surface area (Å²) in [5.74, 6) is -2.51. The first kappa shape index (κ1) is 34.4. The van der Waals surface area contributed by atoms with E-state index in [9.17, 15) is 45.1 Å². The van der Waals surface area contributed by atoms with Crippen LogP contribution >= 0.6 is 7.82 Å². The number of aliphatic hydroxyl groups is 7. The maximum Gasteiger partial charge on any atom is 0.470 e. The molecule has 2 fully saturated rings. The molecule has 16 nitrogen and oxygen atoms in total. The number of phosphoric acid groups is 1. The molecule has 230 valence electrons. The maximum absolute atomic E-state index is 11.2. The molecule has 10 atom stereocenters. The predicted octanol–water partition coefficient (Wildman–Crippen LogP) is -2.62. The second-order valence-electron chi connectivity index (χ2n) is 9.68. The zero-order valence-corrected chi connectivity index (χ0v) is 22.5. The van der Waals surface area contributed by atoms with E-state index in [4.69, 9.17) is 24.0 Å². The smallest absolute Gasteiger partial charge is 0.469 e. The van der Waals surface area contributed by atoms with Crippen LogP contribution in [0.5, 0.6) is 0 Å². The summed E-state index contributed by atoms with van der Waals surface area (Å²) in [7, 11) is -3.82. The number of rotatable bonds is 15. The van der Waals surface area contributed by atoms with Gasteiger partial charge in [-0.05, 0) is 12.8 Å². The second kappa shape index (κ2) is 15.4. The van der Waals surface area contributed by atoms with Crippen molar-refractivity contribution in [1.82, 2.24) is 0 Å². The van der Waals surface area contributed by atoms with Crippen molar-refractivity contribution in [2.24, 2.45) is 0 Å². The van der Waals surface area contributed by atoms with E-state index in [2.05, 4.69) is 9.26 Å². The number of carbonyl (C=O) groups is 1. The predicted molar refractivity (Wildman–Crippen MR) is 127 cm³/mol. The van der Waals surface area contributed by atoms with Crippen LogP contribution in [0.4, 0.5) is 0 Å². The normalized spacial score (nSPS) is 37.5. The zero-order chi connectivity index (χ0) is 29.4. The van der Waals surface area contributed by atoms with Crippen LogP contribution in [0.15, 0.2) is 0 Å². The third-order valence-corrected chi connectivity index (χ3v) is 7.31. The largest absolute Gasteiger partial charge is 0.470 e. The molecule has 2 heterocycles. The highest BCUT2D eigenvalue weighted by Crippen LogP contribution is 2.42. The molecule has 0 aromatic rings. The van der Waals surface area contributed by atoms with E-state index in [-0.39, 0.29) is 12.4 Å². The first-order valence-corrected chi connectivity index (χ1v) is 14.3. The molecule has 2 aliphatic heterocycles. The molecule has 0 saturated carbocycles. The van der Waals surface area contributed by atoms with Crippen LogP contribution in [0, 0.1) is 0 Å². The fourth-order valence-electron chi connectivity index (χ4n) is 4.65. The molecule has 2 aliphatic rings. The van der Waals surface area contributed by atoms with E-state index in [0.717, 1.165) is 19.3 Å². The van der Waals surface area contributed by atoms with Crippen molar-refractivity contribution in [3.05, 3.63) is 0 Å². The van der Waals surface area contributed by atoms with Gasteiger partial charge in [0.2, 0.25) is 0 Å². The molecule has 0 aromatic carbocycles. The number of carbonyl (C=O) groups excluding carboxylic acids is 1. The molecule has 2 rings (SSSR count). The SMILES string of the molecule is COC(=O)CCCCCCCCC1(O)O[C@H](CO)[C@@H](OC2O[C@H](CO)[C@H](OP(=O)(O)O)[C@H](O)[C@H]2O)[C@H](O)[C@H]1O. The average Bonchev–Trinajstić information content (AvgIpc) is 2.89. The van der Waals surface area contributed by atoms with Gasteiger partial charge in [-0.2, -0.15) is 0 Å². The van der Waals surface area contributed by atoms with Gasteiger partial charge in [0, 0.05) is 12.8 Å². The van der Waals surface area contributed by atoms with Gasteiger partial charge < -0.3 is 64.5 Å². The van der Waals surface area contributed by atoms with Crippen LogP contribution in [0.3, 0.4) is 0 Å². The molecule has 0 radical (unpaired) electrons. The highest BCUT2D eigenvalue weighted by molar-refractivity contribution is 7.46. The third kappa shape index (κ3) is 9.61. The van der Waals surface area contributed by atoms with Crippen molar-refractivity contribution >= 4 is 13.8 Å². The van der Waals surface area contributed by atoms with Crippen LogP contribution in [0.1, 0.15) is 51.4 Å². The second-order valence-corrected chi connectivity index (χ2v) is 10.9. The summed E-state index contributed by atoms with van der Waals surface area (Å²) in [6.07, 6.45) is -11.6. The highest BCUT2D eigenvalue weighted by Gasteiger charge is 2.56. The van der Waals surface area contributed by atoms with E-state index in [1.54, 1.807) is 0 Å². The molecule has 0 amide bonds. The Morgan fingerprint density at radius 1 is 0.872 bits per heavy atom. The average molecular weight is 593 g/mol. The Hall–Kier alpha value is -0.820. The van der Waals surface area contributed by atoms with Gasteiger partial charge in [0.25, 0.3) is 0 Å². The molecule has 17 heteroatoms. The van der Waals surface area contributed by atoms with Crippen molar-refractivity contribution in [3.8, 4) is 0 Å². The van der Waals surface area contributed by atoms with Crippen molar-refractivity contribution < 1.29 is 78.4 Å². The monoisotopic (exact) mass is 592 g/mol. The lowest BCUT2D eigenvalue weighted by Gasteiger charge is -2.49. The Balaban J connectivity index is 1.94. The molecule has 2 saturated heterocycles. The number of esters is 1. The summed E-state index contributed by atoms with van der Waals surface area (Å²) in [6.45, 7) is -1.70. The number of unbranched alkanes of at least 4 members (excludes halogenated alkanes) is 5. The van der Waals surface area contributed by atoms with E-state index in [0.29, 0.717) is 25.7 Å². The van der Waals surface area contributed by atoms with Gasteiger partial charge in [0.1, 0.15) is 48.8 Å². The number of hydrogen-bond donors (Lipinski definition) is 9. The van der Waals surface area contributed by atoms with Gasteiger partial charge in [-0.25, -0.2) is 4.57 Å². The lowest BCUT2D eigenvalue weighted by molar-refractivity contribution is -0.384. The third-order valence-electron chi connectivity index (χ3n) is 6.79. The van der Waals surface area contributed by atoms with Crippen LogP contribution in [0.2, 0.25) is 0 Å². The van der Waals surface area contributed by atoms with Gasteiger partial charge in [0.05, 0.1) is 20.3 Å². The van der Waals surface area contributed by atoms with Crippen molar-refractivity contribution in [2.75, 3.05) is 20.3 Å². The van der Waals surface area contributed by atoms with Crippen LogP contribution in [-0.4, -0.2) is 133 Å². The molecule has 0 bridgehead atoms. The Labute approximate surface area is 225 Å². The lowest BCUT2D eigenvalue weighted by atomic mass is 9.89. The van der Waals surface area contributed by atoms with Crippen LogP contribution in [0.25, 0.3) is 0 Å². The minimum atomic E-state index is -5.15. The molecule has 0 aliphatic carbocycles. The lowest BCUT2D eigenvalue weighted by Crippen LogP contribution is -2.68. The topological polar surface area (TPSA) is 262 Å². The molecule has 39 heavy (non-hydrogen) atoms. The van der Waals surface area contributed by atoms with Gasteiger partial charge in [0.15, 0.2) is 12.1 Å². The van der Waals surface area contributed by atoms with E-state index in [1.165, 1.54) is 7.11 Å². The molecule has 2 unspecified atom stereocenters. The molecule has 9 N–H and O–H groups in total. The quantitative estimate of drug-likeness (QED) is 0.0535. The number of aliphatic hydroxyl groups excluding tert-OH is 6. The Morgan fingerprint density at radius 2 is 1.46 bits per heavy atom. The van der Waals surface area contributed by atoms with Crippen LogP contribution < -0.4 is 0 Å². The summed E-state index contributed by atoms with van der Waals surface area (Å²) < 4.78 is 36.4. The summed E-state index contributed by atoms with van der Waals surface area (Å²) >= 11 is 0. The summed E-state index contributed by atoms with van der Waals surface area (Å²) in [5, 5.41) is 72.3. The Bertz CT molecular complexity index is 792. The Morgan fingerprint density at radius 3 is 2.03 bits per heavy atom. The van der Waals surface area contributed by atoms with E-state index < -0.39 is 81.9 Å². The van der Waals surface area contributed by atoms with Gasteiger partial charge in [-0.3, -0.25) is 9.32 Å². The molecule has 0 aromatic heterocycles.